The summed E-state index contributed by atoms with van der Waals surface area (Å²) in [4.78, 5) is 11.2. The van der Waals surface area contributed by atoms with E-state index < -0.39 is 10.1 Å². The molecule has 1 aromatic carbocycles. The lowest BCUT2D eigenvalue weighted by Gasteiger charge is -2.21. The van der Waals surface area contributed by atoms with Gasteiger partial charge in [-0.3, -0.25) is 9.35 Å². The Labute approximate surface area is 129 Å². The highest BCUT2D eigenvalue weighted by Gasteiger charge is 2.17. The summed E-state index contributed by atoms with van der Waals surface area (Å²) in [5.41, 5.74) is 2.73. The molecule has 0 heterocycles. The SMILES string of the molecule is COc1ccc(/C=N\NC(=O)C[N+](C)(C)C)cc1S(=O)(=O)O. The predicted molar refractivity (Wildman–Crippen MR) is 81.4 cm³/mol. The molecule has 0 aliphatic rings. The zero-order valence-corrected chi connectivity index (χ0v) is 13.7. The number of carbonyl (C=O) groups excluding carboxylic acids is 1. The van der Waals surface area contributed by atoms with Gasteiger partial charge in [0, 0.05) is 0 Å². The second-order valence-corrected chi connectivity index (χ2v) is 7.02. The molecule has 1 amide bonds. The molecule has 9 heteroatoms. The fourth-order valence-electron chi connectivity index (χ4n) is 1.62. The molecule has 0 saturated heterocycles. The summed E-state index contributed by atoms with van der Waals surface area (Å²) in [6.45, 7) is 0.246. The summed E-state index contributed by atoms with van der Waals surface area (Å²) in [6, 6.07) is 4.13. The van der Waals surface area contributed by atoms with E-state index in [1.165, 1.54) is 25.5 Å². The third kappa shape index (κ3) is 5.80. The van der Waals surface area contributed by atoms with Crippen LogP contribution in [0, 0.1) is 0 Å². The Kier molecular flexibility index (Phi) is 5.64. The number of carbonyl (C=O) groups is 1. The van der Waals surface area contributed by atoms with Crippen molar-refractivity contribution in [2.45, 2.75) is 4.90 Å². The molecule has 2 N–H and O–H groups in total. The molecular formula is C13H20N3O5S+. The fraction of sp³-hybridized carbons (Fsp3) is 0.385. The fourth-order valence-corrected chi connectivity index (χ4v) is 2.31. The van der Waals surface area contributed by atoms with Crippen molar-refractivity contribution in [3.63, 3.8) is 0 Å². The minimum absolute atomic E-state index is 0.0220. The average molecular weight is 330 g/mol. The quantitative estimate of drug-likeness (QED) is 0.333. The number of quaternary nitrogens is 1. The molecule has 122 valence electrons. The van der Waals surface area contributed by atoms with Gasteiger partial charge in [-0.25, -0.2) is 5.43 Å². The maximum atomic E-state index is 11.6. The topological polar surface area (TPSA) is 105 Å². The number of nitrogens with zero attached hydrogens (tertiary/aromatic N) is 2. The third-order valence-corrected chi connectivity index (χ3v) is 3.36. The number of likely N-dealkylation sites (N-methyl/N-ethyl adjacent to an activating group) is 1. The largest absolute Gasteiger partial charge is 0.495 e. The average Bonchev–Trinajstić information content (AvgIpc) is 2.35. The number of hydrazone groups is 1. The van der Waals surface area contributed by atoms with E-state index in [9.17, 15) is 13.2 Å². The Bertz CT molecular complexity index is 677. The molecule has 0 atom stereocenters. The lowest BCUT2D eigenvalue weighted by Crippen LogP contribution is -2.43. The lowest BCUT2D eigenvalue weighted by atomic mass is 10.2. The molecule has 0 fully saturated rings. The van der Waals surface area contributed by atoms with Crippen molar-refractivity contribution in [2.24, 2.45) is 5.10 Å². The van der Waals surface area contributed by atoms with Crippen molar-refractivity contribution < 1.29 is 27.0 Å². The van der Waals surface area contributed by atoms with Gasteiger partial charge in [-0.2, -0.15) is 13.5 Å². The van der Waals surface area contributed by atoms with Gasteiger partial charge in [-0.15, -0.1) is 0 Å². The maximum absolute atomic E-state index is 11.6. The van der Waals surface area contributed by atoms with Gasteiger partial charge >= 0.3 is 0 Å². The van der Waals surface area contributed by atoms with Crippen molar-refractivity contribution in [3.8, 4) is 5.75 Å². The standard InChI is InChI=1S/C13H19N3O5S/c1-16(2,3)9-13(17)15-14-8-10-5-6-11(21-4)12(7-10)22(18,19)20/h5-8H,9H2,1-4H3,(H-,15,17,18,19,20)/p+1/b14-8-. The van der Waals surface area contributed by atoms with Crippen LogP contribution >= 0.6 is 0 Å². The van der Waals surface area contributed by atoms with E-state index >= 15 is 0 Å². The Balaban J connectivity index is 2.87. The number of hydrogen-bond acceptors (Lipinski definition) is 5. The zero-order valence-electron chi connectivity index (χ0n) is 12.9. The first-order chi connectivity index (χ1) is 10.0. The Hall–Kier alpha value is -1.97. The van der Waals surface area contributed by atoms with Gasteiger partial charge < -0.3 is 9.22 Å². The molecule has 8 nitrogen and oxygen atoms in total. The van der Waals surface area contributed by atoms with Crippen molar-refractivity contribution in [2.75, 3.05) is 34.8 Å². The van der Waals surface area contributed by atoms with Crippen LogP contribution < -0.4 is 10.2 Å². The normalized spacial score (nSPS) is 12.4. The second kappa shape index (κ2) is 6.86. The number of methoxy groups -OCH3 is 1. The molecule has 1 rings (SSSR count). The van der Waals surface area contributed by atoms with Crippen LogP contribution in [0.5, 0.6) is 5.75 Å². The number of hydrogen-bond donors (Lipinski definition) is 2. The first kappa shape index (κ1) is 18.1. The van der Waals surface area contributed by atoms with Gasteiger partial charge in [0.2, 0.25) is 0 Å². The monoisotopic (exact) mass is 330 g/mol. The summed E-state index contributed by atoms with van der Waals surface area (Å²) in [7, 11) is 2.48. The number of nitrogens with one attached hydrogen (secondary N) is 1. The van der Waals surface area contributed by atoms with E-state index in [-0.39, 0.29) is 23.1 Å². The molecule has 1 aromatic rings. The molecule has 0 aliphatic carbocycles. The van der Waals surface area contributed by atoms with E-state index in [0.29, 0.717) is 10.0 Å². The summed E-state index contributed by atoms with van der Waals surface area (Å²) >= 11 is 0. The smallest absolute Gasteiger partial charge is 0.298 e. The summed E-state index contributed by atoms with van der Waals surface area (Å²) in [5, 5.41) is 3.75. The van der Waals surface area contributed by atoms with Crippen LogP contribution in [-0.4, -0.2) is 64.4 Å². The predicted octanol–water partition coefficient (Wildman–Crippen LogP) is 0.0982. The third-order valence-electron chi connectivity index (χ3n) is 2.49. The number of rotatable bonds is 6. The van der Waals surface area contributed by atoms with Crippen LogP contribution in [0.2, 0.25) is 0 Å². The molecule has 0 saturated carbocycles. The van der Waals surface area contributed by atoms with E-state index in [1.54, 1.807) is 6.07 Å². The first-order valence-electron chi connectivity index (χ1n) is 6.31. The molecule has 0 unspecified atom stereocenters. The molecule has 0 aliphatic heterocycles. The maximum Gasteiger partial charge on any atom is 0.298 e. The van der Waals surface area contributed by atoms with E-state index in [1.807, 2.05) is 21.1 Å². The summed E-state index contributed by atoms with van der Waals surface area (Å²) < 4.78 is 37.0. The molecule has 0 radical (unpaired) electrons. The van der Waals surface area contributed by atoms with E-state index in [2.05, 4.69) is 10.5 Å². The Morgan fingerprint density at radius 2 is 2.05 bits per heavy atom. The van der Waals surface area contributed by atoms with Crippen LogP contribution in [0.25, 0.3) is 0 Å². The molecule has 0 aromatic heterocycles. The van der Waals surface area contributed by atoms with Gasteiger partial charge in [0.15, 0.2) is 6.54 Å². The molecule has 0 bridgehead atoms. The van der Waals surface area contributed by atoms with E-state index in [4.69, 9.17) is 9.29 Å². The zero-order chi connectivity index (χ0) is 17.0. The van der Waals surface area contributed by atoms with E-state index in [0.717, 1.165) is 0 Å². The number of ether oxygens (including phenoxy) is 1. The van der Waals surface area contributed by atoms with Crippen molar-refractivity contribution >= 4 is 22.2 Å². The Morgan fingerprint density at radius 3 is 2.55 bits per heavy atom. The summed E-state index contributed by atoms with van der Waals surface area (Å²) in [5.74, 6) is -0.249. The number of benzene rings is 1. The number of amides is 1. The van der Waals surface area contributed by atoms with Crippen molar-refractivity contribution in [1.29, 1.82) is 0 Å². The highest BCUT2D eigenvalue weighted by molar-refractivity contribution is 7.86. The molecular weight excluding hydrogens is 310 g/mol. The van der Waals surface area contributed by atoms with Crippen LogP contribution in [0.15, 0.2) is 28.2 Å². The van der Waals surface area contributed by atoms with Gasteiger partial charge in [-0.1, -0.05) is 0 Å². The molecule has 22 heavy (non-hydrogen) atoms. The lowest BCUT2D eigenvalue weighted by molar-refractivity contribution is -0.862. The van der Waals surface area contributed by atoms with Crippen LogP contribution in [0.1, 0.15) is 5.56 Å². The van der Waals surface area contributed by atoms with Crippen molar-refractivity contribution in [3.05, 3.63) is 23.8 Å². The Morgan fingerprint density at radius 1 is 1.41 bits per heavy atom. The molecule has 0 spiro atoms. The minimum atomic E-state index is -4.41. The van der Waals surface area contributed by atoms with Crippen LogP contribution in [-0.2, 0) is 14.9 Å². The van der Waals surface area contributed by atoms with Gasteiger partial charge in [0.1, 0.15) is 10.6 Å². The minimum Gasteiger partial charge on any atom is -0.495 e. The van der Waals surface area contributed by atoms with Crippen molar-refractivity contribution in [1.82, 2.24) is 5.43 Å². The highest BCUT2D eigenvalue weighted by Crippen LogP contribution is 2.23. The van der Waals surface area contributed by atoms with Crippen LogP contribution in [0.4, 0.5) is 0 Å². The first-order valence-corrected chi connectivity index (χ1v) is 7.75. The van der Waals surface area contributed by atoms with Crippen LogP contribution in [0.3, 0.4) is 0 Å². The van der Waals surface area contributed by atoms with Gasteiger partial charge in [0.05, 0.1) is 34.5 Å². The van der Waals surface area contributed by atoms with Gasteiger partial charge in [-0.05, 0) is 23.8 Å². The second-order valence-electron chi connectivity index (χ2n) is 5.63. The summed E-state index contributed by atoms with van der Waals surface area (Å²) in [6.07, 6.45) is 1.28. The van der Waals surface area contributed by atoms with Gasteiger partial charge in [0.25, 0.3) is 16.0 Å². The highest BCUT2D eigenvalue weighted by atomic mass is 32.2.